The van der Waals surface area contributed by atoms with Crippen LogP contribution in [0.1, 0.15) is 42.1 Å². The summed E-state index contributed by atoms with van der Waals surface area (Å²) in [6.45, 7) is 1.30. The van der Waals surface area contributed by atoms with Crippen LogP contribution in [0.25, 0.3) is 0 Å². The van der Waals surface area contributed by atoms with Crippen LogP contribution in [0.2, 0.25) is 0 Å². The summed E-state index contributed by atoms with van der Waals surface area (Å²) in [5, 5.41) is 9.17. The smallest absolute Gasteiger partial charge is 0.308 e. The Morgan fingerprint density at radius 1 is 1.27 bits per heavy atom. The van der Waals surface area contributed by atoms with Crippen LogP contribution in [0.5, 0.6) is 5.75 Å². The molecule has 0 aromatic heterocycles. The number of nitrogens with two attached hydrogens (primary N) is 1. The summed E-state index contributed by atoms with van der Waals surface area (Å²) in [6, 6.07) is 4.76. The van der Waals surface area contributed by atoms with Gasteiger partial charge in [-0.3, -0.25) is 9.59 Å². The van der Waals surface area contributed by atoms with Crippen LogP contribution in [0, 0.1) is 10.1 Å². The molecule has 0 aliphatic heterocycles. The molecule has 1 aromatic carbocycles. The molecule has 0 saturated heterocycles. The van der Waals surface area contributed by atoms with E-state index in [-0.39, 0.29) is 6.61 Å². The van der Waals surface area contributed by atoms with Crippen molar-refractivity contribution in [1.82, 2.24) is 0 Å². The molecular weight excluding hydrogens is 292 g/mol. The van der Waals surface area contributed by atoms with Gasteiger partial charge in [-0.25, -0.2) is 0 Å². The molecule has 1 amide bonds. The van der Waals surface area contributed by atoms with Crippen molar-refractivity contribution in [1.29, 1.82) is 0 Å². The van der Waals surface area contributed by atoms with Crippen LogP contribution in [0.15, 0.2) is 18.2 Å². The molecule has 8 nitrogen and oxygen atoms in total. The summed E-state index contributed by atoms with van der Waals surface area (Å²) < 4.78 is 5.09. The van der Waals surface area contributed by atoms with Gasteiger partial charge >= 0.3 is 5.97 Å². The first kappa shape index (κ1) is 17.4. The second kappa shape index (κ2) is 8.60. The summed E-state index contributed by atoms with van der Waals surface area (Å²) >= 11 is 0. The summed E-state index contributed by atoms with van der Waals surface area (Å²) in [7, 11) is 0. The number of rotatable bonds is 9. The molecule has 0 atom stereocenters. The highest BCUT2D eigenvalue weighted by atomic mass is 16.9. The second-order valence-corrected chi connectivity index (χ2v) is 4.61. The van der Waals surface area contributed by atoms with Gasteiger partial charge < -0.3 is 15.3 Å². The second-order valence-electron chi connectivity index (χ2n) is 4.61. The Hall–Kier alpha value is -2.64. The molecule has 0 unspecified atom stereocenters. The summed E-state index contributed by atoms with van der Waals surface area (Å²) in [5.74, 6) is -0.770. The molecule has 2 N–H and O–H groups in total. The van der Waals surface area contributed by atoms with Crippen molar-refractivity contribution in [3.63, 3.8) is 0 Å². The number of benzene rings is 1. The van der Waals surface area contributed by atoms with Gasteiger partial charge in [0.1, 0.15) is 5.75 Å². The normalized spacial score (nSPS) is 10.0. The Morgan fingerprint density at radius 2 is 2.00 bits per heavy atom. The zero-order chi connectivity index (χ0) is 16.5. The first-order chi connectivity index (χ1) is 10.4. The number of nitrogens with zero attached hydrogens (tertiary/aromatic N) is 1. The van der Waals surface area contributed by atoms with Crippen LogP contribution >= 0.6 is 0 Å². The Balaban J connectivity index is 2.68. The van der Waals surface area contributed by atoms with Gasteiger partial charge in [0, 0.05) is 18.1 Å². The number of primary amides is 1. The largest absolute Gasteiger partial charge is 0.426 e. The number of amides is 1. The third-order valence-electron chi connectivity index (χ3n) is 2.92. The zero-order valence-corrected chi connectivity index (χ0v) is 12.2. The molecule has 0 bridgehead atoms. The van der Waals surface area contributed by atoms with E-state index >= 15 is 0 Å². The SMILES string of the molecule is CC(=O)Oc1cccc(C(N)=O)c1CCCCCO[N+](=O)[O-]. The lowest BCUT2D eigenvalue weighted by molar-refractivity contribution is -0.757. The molecule has 120 valence electrons. The van der Waals surface area contributed by atoms with Gasteiger partial charge in [-0.05, 0) is 31.4 Å². The van der Waals surface area contributed by atoms with E-state index in [1.165, 1.54) is 6.92 Å². The highest BCUT2D eigenvalue weighted by Gasteiger charge is 2.14. The molecule has 1 rings (SSSR count). The molecule has 0 aliphatic carbocycles. The molecule has 0 heterocycles. The highest BCUT2D eigenvalue weighted by Crippen LogP contribution is 2.25. The summed E-state index contributed by atoms with van der Waals surface area (Å²) in [6.07, 6.45) is 2.31. The quantitative estimate of drug-likeness (QED) is 0.243. The predicted molar refractivity (Wildman–Crippen MR) is 76.8 cm³/mol. The molecule has 8 heteroatoms. The molecule has 22 heavy (non-hydrogen) atoms. The van der Waals surface area contributed by atoms with E-state index in [2.05, 4.69) is 4.84 Å². The summed E-state index contributed by atoms with van der Waals surface area (Å²) in [5.41, 5.74) is 6.20. The fourth-order valence-corrected chi connectivity index (χ4v) is 2.02. The Morgan fingerprint density at radius 3 is 2.59 bits per heavy atom. The van der Waals surface area contributed by atoms with E-state index in [0.29, 0.717) is 42.6 Å². The van der Waals surface area contributed by atoms with Crippen LogP contribution in [0.3, 0.4) is 0 Å². The minimum Gasteiger partial charge on any atom is -0.426 e. The number of unbranched alkanes of at least 4 members (excludes halogenated alkanes) is 2. The summed E-state index contributed by atoms with van der Waals surface area (Å²) in [4.78, 5) is 36.8. The third-order valence-corrected chi connectivity index (χ3v) is 2.92. The number of ether oxygens (including phenoxy) is 1. The average Bonchev–Trinajstić information content (AvgIpc) is 2.42. The minimum atomic E-state index is -0.832. The van der Waals surface area contributed by atoms with E-state index in [1.54, 1.807) is 18.2 Å². The Kier molecular flexibility index (Phi) is 6.81. The van der Waals surface area contributed by atoms with Crippen molar-refractivity contribution in [2.24, 2.45) is 5.73 Å². The lowest BCUT2D eigenvalue weighted by Gasteiger charge is -2.12. The van der Waals surface area contributed by atoms with Gasteiger partial charge in [-0.2, -0.15) is 0 Å². The maximum atomic E-state index is 11.5. The topological polar surface area (TPSA) is 122 Å². The van der Waals surface area contributed by atoms with Crippen molar-refractivity contribution >= 4 is 11.9 Å². The number of carbonyl (C=O) groups is 2. The molecule has 0 fully saturated rings. The highest BCUT2D eigenvalue weighted by molar-refractivity contribution is 5.95. The van der Waals surface area contributed by atoms with Crippen molar-refractivity contribution in [3.05, 3.63) is 39.4 Å². The fourth-order valence-electron chi connectivity index (χ4n) is 2.02. The Labute approximate surface area is 127 Å². The van der Waals surface area contributed by atoms with Crippen molar-refractivity contribution < 1.29 is 24.3 Å². The molecule has 1 aromatic rings. The maximum absolute atomic E-state index is 11.5. The van der Waals surface area contributed by atoms with Gasteiger partial charge in [-0.1, -0.05) is 12.5 Å². The fraction of sp³-hybridized carbons (Fsp3) is 0.429. The molecular formula is C14H18N2O6. The number of carbonyl (C=O) groups excluding carboxylic acids is 2. The van der Waals surface area contributed by atoms with E-state index < -0.39 is 17.0 Å². The van der Waals surface area contributed by atoms with Gasteiger partial charge in [0.15, 0.2) is 0 Å². The van der Waals surface area contributed by atoms with Gasteiger partial charge in [0.2, 0.25) is 5.91 Å². The van der Waals surface area contributed by atoms with Gasteiger partial charge in [-0.15, -0.1) is 10.1 Å². The number of hydrogen-bond donors (Lipinski definition) is 1. The monoisotopic (exact) mass is 310 g/mol. The molecule has 0 spiro atoms. The molecule has 0 saturated carbocycles. The van der Waals surface area contributed by atoms with Crippen molar-refractivity contribution in [3.8, 4) is 5.75 Å². The predicted octanol–water partition coefficient (Wildman–Crippen LogP) is 1.63. The van der Waals surface area contributed by atoms with Gasteiger partial charge in [0.05, 0.1) is 6.61 Å². The van der Waals surface area contributed by atoms with E-state index in [4.69, 9.17) is 10.5 Å². The lowest BCUT2D eigenvalue weighted by Crippen LogP contribution is -2.15. The van der Waals surface area contributed by atoms with Gasteiger partial charge in [0.25, 0.3) is 5.09 Å². The first-order valence-electron chi connectivity index (χ1n) is 6.79. The average molecular weight is 310 g/mol. The van der Waals surface area contributed by atoms with Crippen LogP contribution in [-0.4, -0.2) is 23.6 Å². The van der Waals surface area contributed by atoms with Crippen LogP contribution < -0.4 is 10.5 Å². The lowest BCUT2D eigenvalue weighted by atomic mass is 9.99. The molecule has 0 aliphatic rings. The third kappa shape index (κ3) is 5.78. The zero-order valence-electron chi connectivity index (χ0n) is 12.2. The minimum absolute atomic E-state index is 0.0290. The maximum Gasteiger partial charge on any atom is 0.308 e. The van der Waals surface area contributed by atoms with Crippen LogP contribution in [0.4, 0.5) is 0 Å². The number of hydrogen-bond acceptors (Lipinski definition) is 6. The molecule has 0 radical (unpaired) electrons. The number of esters is 1. The Bertz CT molecular complexity index is 558. The van der Waals surface area contributed by atoms with E-state index in [1.807, 2.05) is 0 Å². The van der Waals surface area contributed by atoms with Crippen molar-refractivity contribution in [2.75, 3.05) is 6.61 Å². The van der Waals surface area contributed by atoms with E-state index in [0.717, 1.165) is 0 Å². The standard InChI is InChI=1S/C14H18N2O6/c1-10(17)22-13-8-5-7-12(14(15)18)11(13)6-3-2-4-9-21-16(19)20/h5,7-8H,2-4,6,9H2,1H3,(H2,15,18). The van der Waals surface area contributed by atoms with E-state index in [9.17, 15) is 19.7 Å². The van der Waals surface area contributed by atoms with Crippen LogP contribution in [-0.2, 0) is 16.1 Å². The van der Waals surface area contributed by atoms with Crippen molar-refractivity contribution in [2.45, 2.75) is 32.6 Å². The first-order valence-corrected chi connectivity index (χ1v) is 6.79.